The van der Waals surface area contributed by atoms with Crippen LogP contribution in [-0.2, 0) is 16.0 Å². The van der Waals surface area contributed by atoms with E-state index in [1.807, 2.05) is 12.1 Å². The van der Waals surface area contributed by atoms with Gasteiger partial charge in [0.25, 0.3) is 0 Å². The lowest BCUT2D eigenvalue weighted by Gasteiger charge is -2.55. The molecule has 0 bridgehead atoms. The molecule has 150 valence electrons. The summed E-state index contributed by atoms with van der Waals surface area (Å²) in [7, 11) is 2.07. The van der Waals surface area contributed by atoms with Crippen molar-refractivity contribution in [1.29, 1.82) is 0 Å². The predicted octanol–water partition coefficient (Wildman–Crippen LogP) is 0.463. The van der Waals surface area contributed by atoms with E-state index in [1.165, 1.54) is 9.80 Å². The molecular weight excluding hydrogens is 380 g/mol. The van der Waals surface area contributed by atoms with Crippen LogP contribution in [0.5, 0.6) is 0 Å². The van der Waals surface area contributed by atoms with E-state index in [0.717, 1.165) is 24.3 Å². The van der Waals surface area contributed by atoms with Crippen molar-refractivity contribution in [1.82, 2.24) is 10.2 Å². The van der Waals surface area contributed by atoms with Crippen LogP contribution >= 0.6 is 11.6 Å². The summed E-state index contributed by atoms with van der Waals surface area (Å²) in [4.78, 5) is 44.3. The van der Waals surface area contributed by atoms with E-state index in [2.05, 4.69) is 17.3 Å². The first-order valence-electron chi connectivity index (χ1n) is 9.63. The molecule has 0 radical (unpaired) electrons. The van der Waals surface area contributed by atoms with Gasteiger partial charge in [-0.25, -0.2) is 4.79 Å². The van der Waals surface area contributed by atoms with Gasteiger partial charge in [-0.05, 0) is 38.5 Å². The van der Waals surface area contributed by atoms with Crippen LogP contribution in [0.2, 0.25) is 5.02 Å². The second kappa shape index (κ2) is 6.19. The summed E-state index contributed by atoms with van der Waals surface area (Å²) in [5.74, 6) is -0.942. The van der Waals surface area contributed by atoms with Crippen LogP contribution in [0.1, 0.15) is 26.3 Å². The van der Waals surface area contributed by atoms with Gasteiger partial charge in [0.15, 0.2) is 5.41 Å². The highest BCUT2D eigenvalue weighted by Crippen LogP contribution is 2.47. The third kappa shape index (κ3) is 2.56. The minimum atomic E-state index is -1.37. The van der Waals surface area contributed by atoms with Gasteiger partial charge >= 0.3 is 6.03 Å². The Bertz CT molecular complexity index is 881. The van der Waals surface area contributed by atoms with Gasteiger partial charge in [-0.2, -0.15) is 0 Å². The number of barbiturate groups is 1. The molecule has 1 aromatic rings. The number of rotatable bonds is 0. The Morgan fingerprint density at radius 1 is 1.25 bits per heavy atom. The minimum absolute atomic E-state index is 0.195. The second-order valence-corrected chi connectivity index (χ2v) is 9.48. The first-order chi connectivity index (χ1) is 13.1. The summed E-state index contributed by atoms with van der Waals surface area (Å²) in [5, 5.41) is 3.02. The normalized spacial score (nSPS) is 30.2. The van der Waals surface area contributed by atoms with Crippen molar-refractivity contribution in [2.24, 2.45) is 5.41 Å². The average Bonchev–Trinajstić information content (AvgIpc) is 2.59. The lowest BCUT2D eigenvalue weighted by atomic mass is 9.67. The highest BCUT2D eigenvalue weighted by atomic mass is 35.5. The number of carbonyl (C=O) groups excluding carboxylic acids is 3. The molecule has 3 aliphatic heterocycles. The zero-order valence-electron chi connectivity index (χ0n) is 16.6. The fraction of sp³-hybridized carbons (Fsp3) is 0.550. The maximum Gasteiger partial charge on any atom is 0.331 e. The number of nitrogens with zero attached hydrogens (tertiary/aromatic N) is 2. The van der Waals surface area contributed by atoms with Crippen molar-refractivity contribution >= 4 is 35.1 Å². The summed E-state index contributed by atoms with van der Waals surface area (Å²) in [6.07, 6.45) is 0.195. The van der Waals surface area contributed by atoms with E-state index in [-0.39, 0.29) is 12.5 Å². The number of hydrogen-bond donors (Lipinski definition) is 2. The summed E-state index contributed by atoms with van der Waals surface area (Å²) >= 11 is 6.50. The number of carbonyl (C=O) groups is 3. The van der Waals surface area contributed by atoms with E-state index >= 15 is 0 Å². The van der Waals surface area contributed by atoms with Gasteiger partial charge in [0.1, 0.15) is 6.04 Å². The topological polar surface area (TPSA) is 74.2 Å². The maximum atomic E-state index is 13.8. The van der Waals surface area contributed by atoms with Crippen LogP contribution in [0.15, 0.2) is 18.2 Å². The Morgan fingerprint density at radius 2 is 1.96 bits per heavy atom. The number of benzene rings is 1. The zero-order chi connectivity index (χ0) is 20.4. The number of quaternary nitrogens is 1. The molecule has 2 fully saturated rings. The van der Waals surface area contributed by atoms with Gasteiger partial charge in [0, 0.05) is 22.7 Å². The number of piperazine rings is 1. The molecule has 2 N–H and O–H groups in total. The lowest BCUT2D eigenvalue weighted by molar-refractivity contribution is -0.883. The molecule has 3 atom stereocenters. The zero-order valence-corrected chi connectivity index (χ0v) is 17.4. The molecule has 0 saturated carbocycles. The smallest absolute Gasteiger partial charge is 0.331 e. The maximum absolute atomic E-state index is 13.8. The van der Waals surface area contributed by atoms with Crippen LogP contribution in [0, 0.1) is 5.41 Å². The Hall–Kier alpha value is -2.12. The van der Waals surface area contributed by atoms with Gasteiger partial charge in [0.2, 0.25) is 11.8 Å². The summed E-state index contributed by atoms with van der Waals surface area (Å²) < 4.78 is 0. The molecule has 2 saturated heterocycles. The largest absolute Gasteiger partial charge is 0.355 e. The van der Waals surface area contributed by atoms with E-state index in [9.17, 15) is 14.4 Å². The Labute approximate surface area is 169 Å². The molecule has 8 heteroatoms. The predicted molar refractivity (Wildman–Crippen MR) is 105 cm³/mol. The monoisotopic (exact) mass is 405 g/mol. The van der Waals surface area contributed by atoms with Gasteiger partial charge in [0.05, 0.1) is 26.7 Å². The molecule has 4 amide bonds. The summed E-state index contributed by atoms with van der Waals surface area (Å²) in [5.41, 5.74) is -0.337. The van der Waals surface area contributed by atoms with Gasteiger partial charge < -0.3 is 9.80 Å². The number of imide groups is 2. The number of fused-ring (bicyclic) bond motifs is 4. The first kappa shape index (κ1) is 19.2. The van der Waals surface area contributed by atoms with Crippen molar-refractivity contribution in [2.45, 2.75) is 38.8 Å². The molecule has 0 aromatic heterocycles. The molecule has 3 aliphatic rings. The number of likely N-dealkylation sites (N-methyl/N-ethyl adjacent to an activating group) is 1. The van der Waals surface area contributed by atoms with Crippen molar-refractivity contribution in [3.05, 3.63) is 28.8 Å². The quantitative estimate of drug-likeness (QED) is 0.615. The Balaban J connectivity index is 1.93. The fourth-order valence-corrected chi connectivity index (χ4v) is 5.07. The third-order valence-electron chi connectivity index (χ3n) is 6.21. The number of nitrogens with one attached hydrogen (secondary N) is 2. The Kier molecular flexibility index (Phi) is 4.25. The minimum Gasteiger partial charge on any atom is -0.355 e. The third-order valence-corrected chi connectivity index (χ3v) is 6.56. The van der Waals surface area contributed by atoms with E-state index < -0.39 is 28.8 Å². The van der Waals surface area contributed by atoms with Crippen LogP contribution in [0.3, 0.4) is 0 Å². The number of hydrogen-bond acceptors (Lipinski definition) is 4. The molecule has 7 nitrogen and oxygen atoms in total. The van der Waals surface area contributed by atoms with Crippen molar-refractivity contribution in [2.75, 3.05) is 31.6 Å². The number of halogens is 1. The molecule has 28 heavy (non-hydrogen) atoms. The van der Waals surface area contributed by atoms with Gasteiger partial charge in [-0.1, -0.05) is 17.7 Å². The van der Waals surface area contributed by atoms with E-state index in [4.69, 9.17) is 11.6 Å². The van der Waals surface area contributed by atoms with Crippen LogP contribution in [0.25, 0.3) is 0 Å². The van der Waals surface area contributed by atoms with Crippen LogP contribution in [0.4, 0.5) is 10.5 Å². The van der Waals surface area contributed by atoms with Gasteiger partial charge in [-0.15, -0.1) is 0 Å². The standard InChI is InChI=1S/C20H25ClN4O3/c1-19(2,3)25-17(27)20(16(26)22-18(25)28)10-12-13(21)6-5-7-14(12)24-9-8-23(4)11-15(20)24/h5-7,15H,8-11H2,1-4H3,(H,22,26,28)/p+1/t15-,20-/m0/s1. The lowest BCUT2D eigenvalue weighted by Crippen LogP contribution is -3.14. The average molecular weight is 406 g/mol. The molecular formula is C20H26ClN4O3+. The van der Waals surface area contributed by atoms with Crippen LogP contribution in [-0.4, -0.2) is 61.0 Å². The van der Waals surface area contributed by atoms with Crippen LogP contribution < -0.4 is 15.1 Å². The molecule has 1 aromatic carbocycles. The van der Waals surface area contributed by atoms with Crippen molar-refractivity contribution < 1.29 is 19.3 Å². The summed E-state index contributed by atoms with van der Waals surface area (Å²) in [6.45, 7) is 7.65. The number of anilines is 1. The molecule has 1 spiro atoms. The molecule has 1 unspecified atom stereocenters. The van der Waals surface area contributed by atoms with E-state index in [0.29, 0.717) is 11.6 Å². The fourth-order valence-electron chi connectivity index (χ4n) is 4.84. The highest BCUT2D eigenvalue weighted by Gasteiger charge is 2.65. The van der Waals surface area contributed by atoms with E-state index in [1.54, 1.807) is 26.8 Å². The number of urea groups is 1. The SMILES string of the molecule is C[NH+]1CCN2c3cccc(Cl)c3C[C@@]3(C(=O)NC(=O)N(C(C)(C)C)C3=O)[C@@H]2C1. The van der Waals surface area contributed by atoms with Crippen molar-refractivity contribution in [3.8, 4) is 0 Å². The Morgan fingerprint density at radius 3 is 2.64 bits per heavy atom. The number of amides is 4. The highest BCUT2D eigenvalue weighted by molar-refractivity contribution is 6.32. The first-order valence-corrected chi connectivity index (χ1v) is 10.0. The molecule has 4 rings (SSSR count). The summed E-state index contributed by atoms with van der Waals surface area (Å²) in [6, 6.07) is 4.70. The van der Waals surface area contributed by atoms with Gasteiger partial charge in [-0.3, -0.25) is 19.8 Å². The van der Waals surface area contributed by atoms with Crippen molar-refractivity contribution in [3.63, 3.8) is 0 Å². The molecule has 3 heterocycles. The second-order valence-electron chi connectivity index (χ2n) is 9.08. The molecule has 0 aliphatic carbocycles.